The number of H-pyrrole nitrogens is 1. The molecule has 0 saturated heterocycles. The molecule has 0 saturated carbocycles. The van der Waals surface area contributed by atoms with Crippen LogP contribution in [-0.2, 0) is 6.42 Å². The van der Waals surface area contributed by atoms with Crippen molar-refractivity contribution in [3.05, 3.63) is 89.1 Å². The maximum absolute atomic E-state index is 13.1. The molecule has 2 aromatic carbocycles. The number of nitrogens with one attached hydrogen (secondary N) is 2. The van der Waals surface area contributed by atoms with Gasteiger partial charge >= 0.3 is 0 Å². The van der Waals surface area contributed by atoms with Gasteiger partial charge in [-0.2, -0.15) is 5.10 Å². The Hall–Kier alpha value is -4.00. The summed E-state index contributed by atoms with van der Waals surface area (Å²) in [6.07, 6.45) is 7.81. The van der Waals surface area contributed by atoms with Crippen molar-refractivity contribution >= 4 is 29.0 Å². The Morgan fingerprint density at radius 3 is 2.74 bits per heavy atom. The highest BCUT2D eigenvalue weighted by atomic mass is 19.1. The molecule has 0 aliphatic rings. The second kappa shape index (κ2) is 9.21. The van der Waals surface area contributed by atoms with Crippen LogP contribution < -0.4 is 10.1 Å². The highest BCUT2D eigenvalue weighted by Gasteiger charge is 2.18. The highest BCUT2D eigenvalue weighted by molar-refractivity contribution is 6.05. The topological polar surface area (TPSA) is 79.9 Å². The largest absolute Gasteiger partial charge is 0.495 e. The van der Waals surface area contributed by atoms with E-state index in [1.54, 1.807) is 42.7 Å². The lowest BCUT2D eigenvalue weighted by atomic mass is 10.1. The first-order chi connectivity index (χ1) is 15.2. The van der Waals surface area contributed by atoms with Crippen molar-refractivity contribution in [2.45, 2.75) is 6.42 Å². The zero-order chi connectivity index (χ0) is 21.6. The summed E-state index contributed by atoms with van der Waals surface area (Å²) in [6.45, 7) is 0.481. The van der Waals surface area contributed by atoms with Crippen LogP contribution in [0.1, 0.15) is 27.2 Å². The van der Waals surface area contributed by atoms with Crippen LogP contribution in [0.4, 0.5) is 4.39 Å². The summed E-state index contributed by atoms with van der Waals surface area (Å²) in [4.78, 5) is 16.9. The van der Waals surface area contributed by atoms with Gasteiger partial charge in [0.15, 0.2) is 0 Å². The maximum Gasteiger partial charge on any atom is 0.255 e. The molecule has 0 bridgehead atoms. The van der Waals surface area contributed by atoms with Crippen LogP contribution in [0.25, 0.3) is 23.1 Å². The Kier molecular flexibility index (Phi) is 6.03. The number of aromatic amines is 1. The third kappa shape index (κ3) is 4.61. The molecular formula is C24H21FN4O2. The maximum atomic E-state index is 13.1. The van der Waals surface area contributed by atoms with E-state index >= 15 is 0 Å². The molecular weight excluding hydrogens is 395 g/mol. The fourth-order valence-corrected chi connectivity index (χ4v) is 3.33. The van der Waals surface area contributed by atoms with E-state index in [9.17, 15) is 9.18 Å². The summed E-state index contributed by atoms with van der Waals surface area (Å²) in [5.74, 6) is -0.0654. The lowest BCUT2D eigenvalue weighted by Gasteiger charge is -2.11. The van der Waals surface area contributed by atoms with Gasteiger partial charge in [0.1, 0.15) is 11.6 Å². The predicted molar refractivity (Wildman–Crippen MR) is 118 cm³/mol. The second-order valence-electron chi connectivity index (χ2n) is 6.93. The van der Waals surface area contributed by atoms with E-state index in [1.807, 2.05) is 18.2 Å². The Labute approximate surface area is 178 Å². The van der Waals surface area contributed by atoms with Crippen molar-refractivity contribution in [1.29, 1.82) is 0 Å². The zero-order valence-corrected chi connectivity index (χ0v) is 16.9. The number of benzene rings is 2. The van der Waals surface area contributed by atoms with Crippen molar-refractivity contribution in [2.24, 2.45) is 0 Å². The number of aromatic nitrogens is 3. The van der Waals surface area contributed by atoms with E-state index in [2.05, 4.69) is 20.5 Å². The number of ether oxygens (including phenoxy) is 1. The van der Waals surface area contributed by atoms with E-state index in [-0.39, 0.29) is 11.7 Å². The number of rotatable bonds is 7. The SMILES string of the molecule is COc1c(C(=O)NCCc2cccnc2)ccc2[nH]nc(/C=C/c3ccc(F)cc3)c12. The van der Waals surface area contributed by atoms with E-state index in [4.69, 9.17) is 4.74 Å². The van der Waals surface area contributed by atoms with Crippen molar-refractivity contribution in [3.8, 4) is 5.75 Å². The molecule has 4 rings (SSSR count). The second-order valence-corrected chi connectivity index (χ2v) is 6.93. The van der Waals surface area contributed by atoms with E-state index in [0.29, 0.717) is 35.4 Å². The summed E-state index contributed by atoms with van der Waals surface area (Å²) in [6, 6.07) is 13.5. The highest BCUT2D eigenvalue weighted by Crippen LogP contribution is 2.32. The molecule has 0 aliphatic heterocycles. The van der Waals surface area contributed by atoms with Gasteiger partial charge in [-0.15, -0.1) is 0 Å². The number of carbonyl (C=O) groups is 1. The molecule has 2 heterocycles. The van der Waals surface area contributed by atoms with Crippen LogP contribution in [0.3, 0.4) is 0 Å². The smallest absolute Gasteiger partial charge is 0.255 e. The van der Waals surface area contributed by atoms with E-state index in [1.165, 1.54) is 19.2 Å². The van der Waals surface area contributed by atoms with Crippen LogP contribution >= 0.6 is 0 Å². The summed E-state index contributed by atoms with van der Waals surface area (Å²) in [7, 11) is 1.53. The van der Waals surface area contributed by atoms with E-state index in [0.717, 1.165) is 16.6 Å². The van der Waals surface area contributed by atoms with Crippen LogP contribution in [0, 0.1) is 5.82 Å². The van der Waals surface area contributed by atoms with Gasteiger partial charge in [0.05, 0.1) is 29.3 Å². The fourth-order valence-electron chi connectivity index (χ4n) is 3.33. The molecule has 31 heavy (non-hydrogen) atoms. The first-order valence-corrected chi connectivity index (χ1v) is 9.81. The number of halogens is 1. The Morgan fingerprint density at radius 2 is 2.00 bits per heavy atom. The summed E-state index contributed by atoms with van der Waals surface area (Å²) in [5.41, 5.74) is 3.69. The molecule has 4 aromatic rings. The molecule has 0 fully saturated rings. The number of methoxy groups -OCH3 is 1. The number of amides is 1. The standard InChI is InChI=1S/C24H21FN4O2/c1-31-23-19(24(30)27-14-12-17-3-2-13-26-15-17)9-11-21-22(23)20(28-29-21)10-6-16-4-7-18(25)8-5-16/h2-11,13,15H,12,14H2,1H3,(H,27,30)(H,28,29)/b10-6+. The first kappa shape index (κ1) is 20.3. The van der Waals surface area contributed by atoms with Gasteiger partial charge in [-0.1, -0.05) is 24.3 Å². The number of pyridine rings is 1. The third-order valence-corrected chi connectivity index (χ3v) is 4.89. The minimum Gasteiger partial charge on any atom is -0.495 e. The minimum absolute atomic E-state index is 0.225. The molecule has 2 aromatic heterocycles. The van der Waals surface area contributed by atoms with Crippen molar-refractivity contribution < 1.29 is 13.9 Å². The molecule has 0 atom stereocenters. The fraction of sp³-hybridized carbons (Fsp3) is 0.125. The van der Waals surface area contributed by atoms with Crippen molar-refractivity contribution in [3.63, 3.8) is 0 Å². The summed E-state index contributed by atoms with van der Waals surface area (Å²) < 4.78 is 18.7. The van der Waals surface area contributed by atoms with Gasteiger partial charge in [-0.3, -0.25) is 14.9 Å². The molecule has 2 N–H and O–H groups in total. The molecule has 0 unspecified atom stereocenters. The summed E-state index contributed by atoms with van der Waals surface area (Å²) >= 11 is 0. The Morgan fingerprint density at radius 1 is 1.16 bits per heavy atom. The Balaban J connectivity index is 1.57. The van der Waals surface area contributed by atoms with Crippen LogP contribution in [-0.4, -0.2) is 34.7 Å². The average molecular weight is 416 g/mol. The molecule has 6 nitrogen and oxygen atoms in total. The number of hydrogen-bond acceptors (Lipinski definition) is 4. The quantitative estimate of drug-likeness (QED) is 0.472. The number of fused-ring (bicyclic) bond motifs is 1. The lowest BCUT2D eigenvalue weighted by molar-refractivity contribution is 0.0951. The van der Waals surface area contributed by atoms with Gasteiger partial charge in [0, 0.05) is 18.9 Å². The normalized spacial score (nSPS) is 11.2. The van der Waals surface area contributed by atoms with Crippen LogP contribution in [0.15, 0.2) is 60.9 Å². The van der Waals surface area contributed by atoms with Crippen molar-refractivity contribution in [2.75, 3.05) is 13.7 Å². The number of carbonyl (C=O) groups excluding carboxylic acids is 1. The monoisotopic (exact) mass is 416 g/mol. The van der Waals surface area contributed by atoms with Gasteiger partial charge in [-0.05, 0) is 54.0 Å². The average Bonchev–Trinajstić information content (AvgIpc) is 3.22. The third-order valence-electron chi connectivity index (χ3n) is 4.89. The van der Waals surface area contributed by atoms with Gasteiger partial charge in [-0.25, -0.2) is 4.39 Å². The molecule has 7 heteroatoms. The predicted octanol–water partition coefficient (Wildman–Crippen LogP) is 4.25. The van der Waals surface area contributed by atoms with Crippen molar-refractivity contribution in [1.82, 2.24) is 20.5 Å². The molecule has 0 aliphatic carbocycles. The zero-order valence-electron chi connectivity index (χ0n) is 16.9. The van der Waals surface area contributed by atoms with Crippen LogP contribution in [0.5, 0.6) is 5.75 Å². The van der Waals surface area contributed by atoms with Gasteiger partial charge in [0.25, 0.3) is 5.91 Å². The number of nitrogens with zero attached hydrogens (tertiary/aromatic N) is 2. The molecule has 1 amide bonds. The lowest BCUT2D eigenvalue weighted by Crippen LogP contribution is -2.26. The molecule has 0 radical (unpaired) electrons. The molecule has 156 valence electrons. The first-order valence-electron chi connectivity index (χ1n) is 9.81. The minimum atomic E-state index is -0.289. The van der Waals surface area contributed by atoms with Gasteiger partial charge < -0.3 is 10.1 Å². The summed E-state index contributed by atoms with van der Waals surface area (Å²) in [5, 5.41) is 10.9. The molecule has 0 spiro atoms. The number of hydrogen-bond donors (Lipinski definition) is 2. The Bertz CT molecular complexity index is 1220. The van der Waals surface area contributed by atoms with E-state index < -0.39 is 0 Å². The van der Waals surface area contributed by atoms with Crippen LogP contribution in [0.2, 0.25) is 0 Å². The van der Waals surface area contributed by atoms with Gasteiger partial charge in [0.2, 0.25) is 0 Å².